The van der Waals surface area contributed by atoms with Crippen molar-refractivity contribution in [3.8, 4) is 0 Å². The van der Waals surface area contributed by atoms with Crippen LogP contribution in [0.25, 0.3) is 0 Å². The Balaban J connectivity index is 1.27. The minimum Gasteiger partial charge on any atom is -0.369 e. The second kappa shape index (κ2) is 9.31. The predicted octanol–water partition coefficient (Wildman–Crippen LogP) is 4.01. The molecule has 3 heterocycles. The molecule has 1 saturated heterocycles. The Morgan fingerprint density at radius 2 is 1.67 bits per heavy atom. The summed E-state index contributed by atoms with van der Waals surface area (Å²) in [4.78, 5) is 32.6. The number of carbonyl (C=O) groups is 2. The molecule has 2 aromatic carbocycles. The minimum atomic E-state index is -0.609. The molecule has 36 heavy (non-hydrogen) atoms. The molecular weight excluding hydrogens is 454 g/mol. The lowest BCUT2D eigenvalue weighted by Gasteiger charge is -2.34. The zero-order valence-electron chi connectivity index (χ0n) is 21.3. The van der Waals surface area contributed by atoms with E-state index in [0.717, 1.165) is 54.4 Å². The van der Waals surface area contributed by atoms with E-state index in [0.29, 0.717) is 17.9 Å². The molecule has 0 radical (unpaired) electrons. The molecular formula is C27H33N7O2. The molecule has 0 saturated carbocycles. The highest BCUT2D eigenvalue weighted by molar-refractivity contribution is 6.04. The highest BCUT2D eigenvalue weighted by Crippen LogP contribution is 2.41. The summed E-state index contributed by atoms with van der Waals surface area (Å²) in [6, 6.07) is 15.2. The zero-order valence-corrected chi connectivity index (χ0v) is 21.3. The summed E-state index contributed by atoms with van der Waals surface area (Å²) in [6.45, 7) is 10.3. The van der Waals surface area contributed by atoms with E-state index in [9.17, 15) is 9.59 Å². The third-order valence-corrected chi connectivity index (χ3v) is 7.33. The van der Waals surface area contributed by atoms with Gasteiger partial charge in [0, 0.05) is 48.7 Å². The zero-order chi connectivity index (χ0) is 25.4. The van der Waals surface area contributed by atoms with Gasteiger partial charge < -0.3 is 25.3 Å². The fourth-order valence-electron chi connectivity index (χ4n) is 4.91. The number of H-pyrrole nitrogens is 1. The summed E-state index contributed by atoms with van der Waals surface area (Å²) in [6.07, 6.45) is 0. The monoisotopic (exact) mass is 487 g/mol. The molecule has 1 aromatic heterocycles. The number of fused-ring (bicyclic) bond motifs is 1. The molecule has 2 aliphatic rings. The van der Waals surface area contributed by atoms with Gasteiger partial charge in [-0.05, 0) is 63.7 Å². The third kappa shape index (κ3) is 4.42. The van der Waals surface area contributed by atoms with Gasteiger partial charge in [0.05, 0.1) is 17.8 Å². The number of likely N-dealkylation sites (N-methyl/N-ethyl adjacent to an activating group) is 1. The van der Waals surface area contributed by atoms with Crippen LogP contribution in [0.15, 0.2) is 48.5 Å². The first-order chi connectivity index (χ1) is 17.2. The molecule has 3 N–H and O–H groups in total. The summed E-state index contributed by atoms with van der Waals surface area (Å²) < 4.78 is 0. The number of nitrogens with one attached hydrogen (secondary N) is 3. The van der Waals surface area contributed by atoms with E-state index >= 15 is 0 Å². The Kier molecular flexibility index (Phi) is 6.17. The average molecular weight is 488 g/mol. The van der Waals surface area contributed by atoms with Crippen LogP contribution in [-0.2, 0) is 12.1 Å². The lowest BCUT2D eigenvalue weighted by atomic mass is 10.0. The maximum atomic E-state index is 13.2. The maximum Gasteiger partial charge on any atom is 0.322 e. The van der Waals surface area contributed by atoms with Crippen LogP contribution in [0.4, 0.5) is 22.0 Å². The van der Waals surface area contributed by atoms with E-state index in [2.05, 4.69) is 37.7 Å². The molecule has 3 aromatic rings. The first kappa shape index (κ1) is 23.9. The molecule has 2 aliphatic heterocycles. The largest absolute Gasteiger partial charge is 0.369 e. The SMILES string of the molecule is Cc1ccccc1NC(=O)N1Cc2c(NC(=O)c3ccc(N4CCN(C)CC4)cc3)n[nH]c2C1(C)C. The van der Waals surface area contributed by atoms with Crippen molar-refractivity contribution < 1.29 is 9.59 Å². The number of nitrogens with zero attached hydrogens (tertiary/aromatic N) is 4. The lowest BCUT2D eigenvalue weighted by molar-refractivity contribution is 0.102. The van der Waals surface area contributed by atoms with Crippen LogP contribution < -0.4 is 15.5 Å². The number of benzene rings is 2. The van der Waals surface area contributed by atoms with Gasteiger partial charge >= 0.3 is 6.03 Å². The molecule has 3 amide bonds. The smallest absolute Gasteiger partial charge is 0.322 e. The normalized spacial score (nSPS) is 17.1. The molecule has 0 bridgehead atoms. The number of para-hydroxylation sites is 1. The first-order valence-electron chi connectivity index (χ1n) is 12.3. The molecule has 0 atom stereocenters. The summed E-state index contributed by atoms with van der Waals surface area (Å²) in [5, 5.41) is 13.4. The van der Waals surface area contributed by atoms with Crippen molar-refractivity contribution in [2.24, 2.45) is 0 Å². The Labute approximate surface area is 211 Å². The quantitative estimate of drug-likeness (QED) is 0.517. The molecule has 9 nitrogen and oxygen atoms in total. The van der Waals surface area contributed by atoms with Gasteiger partial charge in [0.15, 0.2) is 5.82 Å². The number of carbonyl (C=O) groups excluding carboxylic acids is 2. The summed E-state index contributed by atoms with van der Waals surface area (Å²) >= 11 is 0. The Bertz CT molecular complexity index is 1270. The van der Waals surface area contributed by atoms with E-state index < -0.39 is 5.54 Å². The van der Waals surface area contributed by atoms with Gasteiger partial charge in [0.1, 0.15) is 0 Å². The van der Waals surface area contributed by atoms with Gasteiger partial charge in [0.25, 0.3) is 5.91 Å². The first-order valence-corrected chi connectivity index (χ1v) is 12.3. The van der Waals surface area contributed by atoms with Crippen molar-refractivity contribution in [2.75, 3.05) is 48.8 Å². The number of aromatic nitrogens is 2. The molecule has 1 fully saturated rings. The van der Waals surface area contributed by atoms with Crippen molar-refractivity contribution in [3.05, 3.63) is 70.9 Å². The Morgan fingerprint density at radius 1 is 0.972 bits per heavy atom. The van der Waals surface area contributed by atoms with Crippen LogP contribution in [0.1, 0.15) is 41.0 Å². The number of urea groups is 1. The lowest BCUT2D eigenvalue weighted by Crippen LogP contribution is -2.44. The number of aryl methyl sites for hydroxylation is 1. The van der Waals surface area contributed by atoms with Gasteiger partial charge in [0.2, 0.25) is 0 Å². The minimum absolute atomic E-state index is 0.198. The summed E-state index contributed by atoms with van der Waals surface area (Å²) in [7, 11) is 2.13. The van der Waals surface area contributed by atoms with Gasteiger partial charge in [-0.15, -0.1) is 0 Å². The van der Waals surface area contributed by atoms with Crippen molar-refractivity contribution in [1.82, 2.24) is 20.0 Å². The van der Waals surface area contributed by atoms with E-state index in [1.165, 1.54) is 0 Å². The summed E-state index contributed by atoms with van der Waals surface area (Å²) in [5.41, 5.74) is 4.50. The van der Waals surface area contributed by atoms with E-state index in [1.54, 1.807) is 4.90 Å². The predicted molar refractivity (Wildman–Crippen MR) is 141 cm³/mol. The highest BCUT2D eigenvalue weighted by Gasteiger charge is 2.44. The maximum absolute atomic E-state index is 13.2. The van der Waals surface area contributed by atoms with Crippen LogP contribution in [0.2, 0.25) is 0 Å². The molecule has 0 unspecified atom stereocenters. The van der Waals surface area contributed by atoms with Crippen LogP contribution in [0.5, 0.6) is 0 Å². The average Bonchev–Trinajstić information content (AvgIpc) is 3.39. The molecule has 188 valence electrons. The van der Waals surface area contributed by atoms with Gasteiger partial charge in [-0.3, -0.25) is 9.89 Å². The number of hydrogen-bond donors (Lipinski definition) is 3. The Morgan fingerprint density at radius 3 is 2.36 bits per heavy atom. The number of anilines is 3. The highest BCUT2D eigenvalue weighted by atomic mass is 16.2. The summed E-state index contributed by atoms with van der Waals surface area (Å²) in [5.74, 6) is 0.229. The van der Waals surface area contributed by atoms with E-state index in [4.69, 9.17) is 0 Å². The third-order valence-electron chi connectivity index (χ3n) is 7.33. The van der Waals surface area contributed by atoms with E-state index in [-0.39, 0.29) is 11.9 Å². The fourth-order valence-corrected chi connectivity index (χ4v) is 4.91. The van der Waals surface area contributed by atoms with Crippen LogP contribution in [-0.4, -0.2) is 65.2 Å². The number of rotatable bonds is 4. The number of hydrogen-bond acceptors (Lipinski definition) is 5. The van der Waals surface area contributed by atoms with Crippen molar-refractivity contribution in [1.29, 1.82) is 0 Å². The molecule has 5 rings (SSSR count). The van der Waals surface area contributed by atoms with Gasteiger partial charge in [-0.25, -0.2) is 4.79 Å². The molecule has 0 spiro atoms. The van der Waals surface area contributed by atoms with Gasteiger partial charge in [-0.2, -0.15) is 5.10 Å². The molecule has 9 heteroatoms. The van der Waals surface area contributed by atoms with Crippen LogP contribution in [0, 0.1) is 6.92 Å². The van der Waals surface area contributed by atoms with Crippen molar-refractivity contribution in [3.63, 3.8) is 0 Å². The van der Waals surface area contributed by atoms with Gasteiger partial charge in [-0.1, -0.05) is 18.2 Å². The van der Waals surface area contributed by atoms with Crippen molar-refractivity contribution >= 4 is 29.1 Å². The second-order valence-corrected chi connectivity index (χ2v) is 10.1. The standard InChI is InChI=1S/C27H33N7O2/c1-18-7-5-6-8-22(18)28-26(36)34-17-21-23(27(34,2)3)30-31-24(21)29-25(35)19-9-11-20(12-10-19)33-15-13-32(4)14-16-33/h5-12H,13-17H2,1-4H3,(H,28,36)(H2,29,30,31,35). The van der Waals surface area contributed by atoms with E-state index in [1.807, 2.05) is 69.3 Å². The number of amides is 3. The number of piperazine rings is 1. The van der Waals surface area contributed by atoms with Crippen LogP contribution in [0.3, 0.4) is 0 Å². The van der Waals surface area contributed by atoms with Crippen molar-refractivity contribution in [2.45, 2.75) is 32.9 Å². The topological polar surface area (TPSA) is 96.6 Å². The molecule has 0 aliphatic carbocycles. The second-order valence-electron chi connectivity index (χ2n) is 10.1. The van der Waals surface area contributed by atoms with Crippen LogP contribution >= 0.6 is 0 Å². The number of aromatic amines is 1. The fraction of sp³-hybridized carbons (Fsp3) is 0.370. The Hall–Kier alpha value is -3.85.